The summed E-state index contributed by atoms with van der Waals surface area (Å²) in [4.78, 5) is 12.2. The Balaban J connectivity index is 1.82. The standard InChI is InChI=1S/C18H14O2/c1-13-10-11-16-15(12-13)18(19)17(20-16)9-5-8-14-6-3-2-4-7-14/h2-12H,1H3/b8-5+,17-9-. The van der Waals surface area contributed by atoms with Gasteiger partial charge in [-0.1, -0.05) is 54.1 Å². The maximum atomic E-state index is 12.2. The molecule has 2 aromatic rings. The fourth-order valence-corrected chi connectivity index (χ4v) is 2.13. The summed E-state index contributed by atoms with van der Waals surface area (Å²) >= 11 is 0. The maximum Gasteiger partial charge on any atom is 0.231 e. The zero-order chi connectivity index (χ0) is 13.9. The van der Waals surface area contributed by atoms with Gasteiger partial charge in [-0.2, -0.15) is 0 Å². The second-order valence-electron chi connectivity index (χ2n) is 4.73. The van der Waals surface area contributed by atoms with Gasteiger partial charge in [-0.05, 0) is 30.7 Å². The van der Waals surface area contributed by atoms with Crippen molar-refractivity contribution in [3.05, 3.63) is 83.1 Å². The third-order valence-corrected chi connectivity index (χ3v) is 3.16. The summed E-state index contributed by atoms with van der Waals surface area (Å²) in [6.45, 7) is 1.96. The Morgan fingerprint density at radius 1 is 1.05 bits per heavy atom. The van der Waals surface area contributed by atoms with Gasteiger partial charge in [-0.25, -0.2) is 0 Å². The molecule has 20 heavy (non-hydrogen) atoms. The molecule has 3 rings (SSSR count). The van der Waals surface area contributed by atoms with Crippen LogP contribution in [0.2, 0.25) is 0 Å². The molecule has 0 radical (unpaired) electrons. The van der Waals surface area contributed by atoms with E-state index in [2.05, 4.69) is 0 Å². The number of allylic oxidation sites excluding steroid dienone is 3. The van der Waals surface area contributed by atoms with E-state index >= 15 is 0 Å². The Morgan fingerprint density at radius 2 is 1.85 bits per heavy atom. The van der Waals surface area contributed by atoms with E-state index < -0.39 is 0 Å². The molecule has 0 atom stereocenters. The number of carbonyl (C=O) groups is 1. The van der Waals surface area contributed by atoms with Crippen LogP contribution >= 0.6 is 0 Å². The van der Waals surface area contributed by atoms with Gasteiger partial charge in [-0.3, -0.25) is 4.79 Å². The van der Waals surface area contributed by atoms with E-state index in [-0.39, 0.29) is 5.78 Å². The summed E-state index contributed by atoms with van der Waals surface area (Å²) in [6.07, 6.45) is 5.49. The quantitative estimate of drug-likeness (QED) is 0.759. The van der Waals surface area contributed by atoms with Crippen LogP contribution in [0.5, 0.6) is 5.75 Å². The van der Waals surface area contributed by atoms with Crippen LogP contribution in [0.15, 0.2) is 66.4 Å². The number of rotatable bonds is 2. The first-order chi connectivity index (χ1) is 9.74. The van der Waals surface area contributed by atoms with E-state index in [1.54, 1.807) is 6.08 Å². The third-order valence-electron chi connectivity index (χ3n) is 3.16. The number of benzene rings is 2. The summed E-state index contributed by atoms with van der Waals surface area (Å²) in [6, 6.07) is 15.6. The molecule has 0 fully saturated rings. The number of Topliss-reactive ketones (excluding diaryl/α,β-unsaturated/α-hetero) is 1. The third kappa shape index (κ3) is 2.41. The van der Waals surface area contributed by atoms with Crippen LogP contribution < -0.4 is 4.74 Å². The number of fused-ring (bicyclic) bond motifs is 1. The van der Waals surface area contributed by atoms with Crippen LogP contribution in [-0.2, 0) is 0 Å². The van der Waals surface area contributed by atoms with Crippen molar-refractivity contribution in [2.24, 2.45) is 0 Å². The summed E-state index contributed by atoms with van der Waals surface area (Å²) < 4.78 is 5.57. The van der Waals surface area contributed by atoms with E-state index in [1.807, 2.05) is 67.6 Å². The van der Waals surface area contributed by atoms with Crippen LogP contribution in [0.1, 0.15) is 21.5 Å². The summed E-state index contributed by atoms with van der Waals surface area (Å²) in [5, 5.41) is 0. The van der Waals surface area contributed by atoms with Crippen molar-refractivity contribution in [2.45, 2.75) is 6.92 Å². The molecule has 2 aromatic carbocycles. The molecular weight excluding hydrogens is 248 g/mol. The van der Waals surface area contributed by atoms with E-state index in [4.69, 9.17) is 4.74 Å². The van der Waals surface area contributed by atoms with Crippen molar-refractivity contribution in [1.82, 2.24) is 0 Å². The number of ketones is 1. The smallest absolute Gasteiger partial charge is 0.231 e. The molecule has 2 heteroatoms. The van der Waals surface area contributed by atoms with Crippen molar-refractivity contribution in [3.8, 4) is 5.75 Å². The van der Waals surface area contributed by atoms with Crippen LogP contribution in [-0.4, -0.2) is 5.78 Å². The number of aryl methyl sites for hydroxylation is 1. The Bertz CT molecular complexity index is 709. The second kappa shape index (κ2) is 5.17. The van der Waals surface area contributed by atoms with Crippen LogP contribution in [0.25, 0.3) is 6.08 Å². The highest BCUT2D eigenvalue weighted by atomic mass is 16.5. The highest BCUT2D eigenvalue weighted by Gasteiger charge is 2.26. The van der Waals surface area contributed by atoms with Gasteiger partial charge in [0.1, 0.15) is 5.75 Å². The van der Waals surface area contributed by atoms with Gasteiger partial charge in [0.15, 0.2) is 5.76 Å². The largest absolute Gasteiger partial charge is 0.452 e. The first-order valence-electron chi connectivity index (χ1n) is 6.51. The molecule has 0 bridgehead atoms. The van der Waals surface area contributed by atoms with Crippen molar-refractivity contribution >= 4 is 11.9 Å². The van der Waals surface area contributed by atoms with Gasteiger partial charge < -0.3 is 4.74 Å². The molecule has 2 nitrogen and oxygen atoms in total. The molecule has 0 N–H and O–H groups in total. The molecule has 0 saturated heterocycles. The van der Waals surface area contributed by atoms with Gasteiger partial charge >= 0.3 is 0 Å². The van der Waals surface area contributed by atoms with E-state index in [0.29, 0.717) is 17.1 Å². The first kappa shape index (κ1) is 12.4. The maximum absolute atomic E-state index is 12.2. The van der Waals surface area contributed by atoms with Gasteiger partial charge in [0.2, 0.25) is 5.78 Å². The molecule has 1 aliphatic heterocycles. The zero-order valence-electron chi connectivity index (χ0n) is 11.2. The Labute approximate surface area is 118 Å². The number of hydrogen-bond donors (Lipinski definition) is 0. The Kier molecular flexibility index (Phi) is 3.21. The normalized spacial score (nSPS) is 15.7. The van der Waals surface area contributed by atoms with E-state index in [0.717, 1.165) is 11.1 Å². The van der Waals surface area contributed by atoms with Crippen LogP contribution in [0.3, 0.4) is 0 Å². The molecule has 0 aromatic heterocycles. The van der Waals surface area contributed by atoms with Gasteiger partial charge in [0.25, 0.3) is 0 Å². The van der Waals surface area contributed by atoms with E-state index in [1.165, 1.54) is 0 Å². The van der Waals surface area contributed by atoms with Crippen LogP contribution in [0, 0.1) is 6.92 Å². The fourth-order valence-electron chi connectivity index (χ4n) is 2.13. The lowest BCUT2D eigenvalue weighted by atomic mass is 10.1. The average molecular weight is 262 g/mol. The fraction of sp³-hybridized carbons (Fsp3) is 0.0556. The average Bonchev–Trinajstić information content (AvgIpc) is 2.77. The number of ether oxygens (including phenoxy) is 1. The predicted octanol–water partition coefficient (Wildman–Crippen LogP) is 4.17. The molecule has 98 valence electrons. The monoisotopic (exact) mass is 262 g/mol. The molecule has 0 amide bonds. The molecule has 0 unspecified atom stereocenters. The van der Waals surface area contributed by atoms with Crippen molar-refractivity contribution in [1.29, 1.82) is 0 Å². The predicted molar refractivity (Wildman–Crippen MR) is 79.7 cm³/mol. The summed E-state index contributed by atoms with van der Waals surface area (Å²) in [5.74, 6) is 0.958. The SMILES string of the molecule is Cc1ccc2c(c1)C(=O)/C(=C/C=C/c1ccccc1)O2. The lowest BCUT2D eigenvalue weighted by Gasteiger charge is -1.96. The van der Waals surface area contributed by atoms with Crippen molar-refractivity contribution < 1.29 is 9.53 Å². The van der Waals surface area contributed by atoms with Gasteiger partial charge in [0.05, 0.1) is 5.56 Å². The summed E-state index contributed by atoms with van der Waals surface area (Å²) in [5.41, 5.74) is 2.79. The summed E-state index contributed by atoms with van der Waals surface area (Å²) in [7, 11) is 0. The van der Waals surface area contributed by atoms with Gasteiger partial charge in [0, 0.05) is 0 Å². The molecule has 1 aliphatic rings. The number of hydrogen-bond acceptors (Lipinski definition) is 2. The van der Waals surface area contributed by atoms with Crippen molar-refractivity contribution in [2.75, 3.05) is 0 Å². The molecule has 0 saturated carbocycles. The highest BCUT2D eigenvalue weighted by molar-refractivity contribution is 6.12. The number of carbonyl (C=O) groups excluding carboxylic acids is 1. The molecule has 1 heterocycles. The second-order valence-corrected chi connectivity index (χ2v) is 4.73. The lowest BCUT2D eigenvalue weighted by molar-refractivity contribution is 0.101. The minimum absolute atomic E-state index is 0.0542. The Hall–Kier alpha value is -2.61. The molecule has 0 aliphatic carbocycles. The zero-order valence-corrected chi connectivity index (χ0v) is 11.2. The minimum Gasteiger partial charge on any atom is -0.452 e. The van der Waals surface area contributed by atoms with Crippen molar-refractivity contribution in [3.63, 3.8) is 0 Å². The highest BCUT2D eigenvalue weighted by Crippen LogP contribution is 2.31. The molecule has 0 spiro atoms. The van der Waals surface area contributed by atoms with Crippen LogP contribution in [0.4, 0.5) is 0 Å². The van der Waals surface area contributed by atoms with Gasteiger partial charge in [-0.15, -0.1) is 0 Å². The molecular formula is C18H14O2. The Morgan fingerprint density at radius 3 is 2.65 bits per heavy atom. The topological polar surface area (TPSA) is 26.3 Å². The lowest BCUT2D eigenvalue weighted by Crippen LogP contribution is -1.97. The first-order valence-corrected chi connectivity index (χ1v) is 6.51. The van der Waals surface area contributed by atoms with E-state index in [9.17, 15) is 4.79 Å². The minimum atomic E-state index is -0.0542.